The first-order chi connectivity index (χ1) is 8.41. The van der Waals surface area contributed by atoms with Gasteiger partial charge in [-0.3, -0.25) is 9.48 Å². The minimum Gasteiger partial charge on any atom is -0.337 e. The Hall–Kier alpha value is -1.36. The molecule has 0 aliphatic rings. The van der Waals surface area contributed by atoms with E-state index in [-0.39, 0.29) is 11.3 Å². The third kappa shape index (κ3) is 3.57. The molecule has 0 saturated carbocycles. The van der Waals surface area contributed by atoms with E-state index in [1.807, 2.05) is 4.90 Å². The molecule has 102 valence electrons. The molecule has 1 rings (SSSR count). The van der Waals surface area contributed by atoms with Crippen molar-refractivity contribution < 1.29 is 4.79 Å². The van der Waals surface area contributed by atoms with Crippen LogP contribution >= 0.6 is 0 Å². The summed E-state index contributed by atoms with van der Waals surface area (Å²) in [5, 5.41) is 4.04. The number of aryl methyl sites for hydroxylation is 1. The standard InChI is InChI=1S/C13H24N4O/c1-5-8-17(10-13(2,3)9-14)12(18)11-6-7-15-16(11)4/h6-7H,5,8-10,14H2,1-4H3. The molecule has 1 heterocycles. The lowest BCUT2D eigenvalue weighted by atomic mass is 9.93. The molecule has 1 amide bonds. The average Bonchev–Trinajstić information content (AvgIpc) is 2.74. The Balaban J connectivity index is 2.85. The first kappa shape index (κ1) is 14.7. The smallest absolute Gasteiger partial charge is 0.272 e. The summed E-state index contributed by atoms with van der Waals surface area (Å²) in [6.45, 7) is 8.19. The van der Waals surface area contributed by atoms with Crippen molar-refractivity contribution in [3.63, 3.8) is 0 Å². The fraction of sp³-hybridized carbons (Fsp3) is 0.692. The number of aromatic nitrogens is 2. The van der Waals surface area contributed by atoms with E-state index in [0.29, 0.717) is 18.8 Å². The Morgan fingerprint density at radius 1 is 1.56 bits per heavy atom. The van der Waals surface area contributed by atoms with Gasteiger partial charge >= 0.3 is 0 Å². The molecule has 1 aromatic rings. The van der Waals surface area contributed by atoms with Crippen molar-refractivity contribution in [2.75, 3.05) is 19.6 Å². The zero-order valence-electron chi connectivity index (χ0n) is 11.8. The molecule has 18 heavy (non-hydrogen) atoms. The molecule has 1 aromatic heterocycles. The highest BCUT2D eigenvalue weighted by molar-refractivity contribution is 5.92. The second-order valence-corrected chi connectivity index (χ2v) is 5.44. The van der Waals surface area contributed by atoms with Crippen LogP contribution in [0.3, 0.4) is 0 Å². The highest BCUT2D eigenvalue weighted by atomic mass is 16.2. The average molecular weight is 252 g/mol. The molecule has 0 atom stereocenters. The quantitative estimate of drug-likeness (QED) is 0.829. The lowest BCUT2D eigenvalue weighted by molar-refractivity contribution is 0.0678. The number of amides is 1. The van der Waals surface area contributed by atoms with Crippen molar-refractivity contribution in [2.45, 2.75) is 27.2 Å². The molecule has 0 saturated heterocycles. The zero-order valence-corrected chi connectivity index (χ0v) is 11.8. The van der Waals surface area contributed by atoms with E-state index in [1.54, 1.807) is 24.0 Å². The van der Waals surface area contributed by atoms with Gasteiger partial charge < -0.3 is 10.6 Å². The summed E-state index contributed by atoms with van der Waals surface area (Å²) in [5.74, 6) is 0.0263. The third-order valence-electron chi connectivity index (χ3n) is 2.99. The van der Waals surface area contributed by atoms with Crippen molar-refractivity contribution in [3.8, 4) is 0 Å². The molecule has 0 aliphatic heterocycles. The minimum absolute atomic E-state index is 0.0263. The van der Waals surface area contributed by atoms with Crippen LogP contribution < -0.4 is 5.73 Å². The van der Waals surface area contributed by atoms with E-state index >= 15 is 0 Å². The Kier molecular flexibility index (Phi) is 4.90. The summed E-state index contributed by atoms with van der Waals surface area (Å²) in [6, 6.07) is 1.75. The van der Waals surface area contributed by atoms with Crippen LogP contribution in [0.25, 0.3) is 0 Å². The number of nitrogens with zero attached hydrogens (tertiary/aromatic N) is 3. The maximum absolute atomic E-state index is 12.4. The number of nitrogens with two attached hydrogens (primary N) is 1. The molecule has 0 aliphatic carbocycles. The van der Waals surface area contributed by atoms with Crippen LogP contribution in [-0.2, 0) is 7.05 Å². The maximum atomic E-state index is 12.4. The predicted octanol–water partition coefficient (Wildman–Crippen LogP) is 1.26. The second-order valence-electron chi connectivity index (χ2n) is 5.44. The summed E-state index contributed by atoms with van der Waals surface area (Å²) in [7, 11) is 1.78. The molecule has 0 unspecified atom stereocenters. The Labute approximate surface area is 109 Å². The van der Waals surface area contributed by atoms with Crippen LogP contribution in [0.1, 0.15) is 37.7 Å². The fourth-order valence-corrected chi connectivity index (χ4v) is 1.85. The zero-order chi connectivity index (χ0) is 13.8. The number of carbonyl (C=O) groups is 1. The SMILES string of the molecule is CCCN(CC(C)(C)CN)C(=O)c1ccnn1C. The molecule has 0 aromatic carbocycles. The van der Waals surface area contributed by atoms with Gasteiger partial charge in [-0.25, -0.2) is 0 Å². The Morgan fingerprint density at radius 2 is 2.22 bits per heavy atom. The van der Waals surface area contributed by atoms with Gasteiger partial charge in [0.1, 0.15) is 5.69 Å². The van der Waals surface area contributed by atoms with E-state index in [0.717, 1.165) is 13.0 Å². The van der Waals surface area contributed by atoms with Crippen molar-refractivity contribution in [2.24, 2.45) is 18.2 Å². The van der Waals surface area contributed by atoms with Crippen LogP contribution in [0.5, 0.6) is 0 Å². The van der Waals surface area contributed by atoms with Gasteiger partial charge in [0.15, 0.2) is 0 Å². The van der Waals surface area contributed by atoms with Gasteiger partial charge in [-0.1, -0.05) is 20.8 Å². The summed E-state index contributed by atoms with van der Waals surface area (Å²) in [4.78, 5) is 14.3. The summed E-state index contributed by atoms with van der Waals surface area (Å²) in [6.07, 6.45) is 2.58. The van der Waals surface area contributed by atoms with E-state index in [9.17, 15) is 4.79 Å². The second kappa shape index (κ2) is 6.00. The Bertz CT molecular complexity index is 397. The molecule has 0 fully saturated rings. The van der Waals surface area contributed by atoms with Crippen LogP contribution in [0.4, 0.5) is 0 Å². The van der Waals surface area contributed by atoms with Crippen LogP contribution in [0.2, 0.25) is 0 Å². The molecule has 0 spiro atoms. The Morgan fingerprint density at radius 3 is 2.67 bits per heavy atom. The molecule has 5 nitrogen and oxygen atoms in total. The van der Waals surface area contributed by atoms with Gasteiger partial charge in [-0.15, -0.1) is 0 Å². The molecule has 5 heteroatoms. The molecule has 2 N–H and O–H groups in total. The number of carbonyl (C=O) groups excluding carboxylic acids is 1. The first-order valence-electron chi connectivity index (χ1n) is 6.38. The maximum Gasteiger partial charge on any atom is 0.272 e. The van der Waals surface area contributed by atoms with Crippen LogP contribution in [-0.4, -0.2) is 40.2 Å². The van der Waals surface area contributed by atoms with E-state index in [4.69, 9.17) is 5.73 Å². The molecular weight excluding hydrogens is 228 g/mol. The molecular formula is C13H24N4O. The van der Waals surface area contributed by atoms with Gasteiger partial charge in [0.05, 0.1) is 0 Å². The van der Waals surface area contributed by atoms with E-state index in [2.05, 4.69) is 25.9 Å². The minimum atomic E-state index is -0.0660. The highest BCUT2D eigenvalue weighted by Crippen LogP contribution is 2.17. The largest absolute Gasteiger partial charge is 0.337 e. The van der Waals surface area contributed by atoms with Crippen molar-refractivity contribution in [1.82, 2.24) is 14.7 Å². The lowest BCUT2D eigenvalue weighted by Gasteiger charge is -2.31. The fourth-order valence-electron chi connectivity index (χ4n) is 1.85. The van der Waals surface area contributed by atoms with Crippen LogP contribution in [0.15, 0.2) is 12.3 Å². The summed E-state index contributed by atoms with van der Waals surface area (Å²) in [5.41, 5.74) is 6.30. The highest BCUT2D eigenvalue weighted by Gasteiger charge is 2.25. The molecule has 0 bridgehead atoms. The van der Waals surface area contributed by atoms with Gasteiger partial charge in [-0.2, -0.15) is 5.10 Å². The number of hydrogen-bond acceptors (Lipinski definition) is 3. The summed E-state index contributed by atoms with van der Waals surface area (Å²) >= 11 is 0. The van der Waals surface area contributed by atoms with E-state index < -0.39 is 0 Å². The van der Waals surface area contributed by atoms with Gasteiger partial charge in [0, 0.05) is 26.3 Å². The van der Waals surface area contributed by atoms with Gasteiger partial charge in [-0.05, 0) is 24.4 Å². The predicted molar refractivity (Wildman–Crippen MR) is 72.2 cm³/mol. The topological polar surface area (TPSA) is 64.2 Å². The first-order valence-corrected chi connectivity index (χ1v) is 6.38. The molecule has 0 radical (unpaired) electrons. The van der Waals surface area contributed by atoms with Crippen molar-refractivity contribution in [3.05, 3.63) is 18.0 Å². The monoisotopic (exact) mass is 252 g/mol. The lowest BCUT2D eigenvalue weighted by Crippen LogP contribution is -2.43. The number of rotatable bonds is 6. The van der Waals surface area contributed by atoms with Crippen molar-refractivity contribution >= 4 is 5.91 Å². The van der Waals surface area contributed by atoms with Crippen molar-refractivity contribution in [1.29, 1.82) is 0 Å². The van der Waals surface area contributed by atoms with E-state index in [1.165, 1.54) is 0 Å². The van der Waals surface area contributed by atoms with Gasteiger partial charge in [0.25, 0.3) is 5.91 Å². The number of hydrogen-bond donors (Lipinski definition) is 1. The van der Waals surface area contributed by atoms with Crippen LogP contribution in [0, 0.1) is 5.41 Å². The summed E-state index contributed by atoms with van der Waals surface area (Å²) < 4.78 is 1.61. The normalized spacial score (nSPS) is 11.6. The third-order valence-corrected chi connectivity index (χ3v) is 2.99. The van der Waals surface area contributed by atoms with Gasteiger partial charge in [0.2, 0.25) is 0 Å².